The summed E-state index contributed by atoms with van der Waals surface area (Å²) in [7, 11) is 2.83. The van der Waals surface area contributed by atoms with Crippen molar-refractivity contribution >= 4 is 17.8 Å². The van der Waals surface area contributed by atoms with Crippen molar-refractivity contribution in [3.05, 3.63) is 59.2 Å². The van der Waals surface area contributed by atoms with Crippen molar-refractivity contribution in [1.29, 1.82) is 0 Å². The molecule has 0 aliphatic carbocycles. The molecule has 2 aromatic carbocycles. The Morgan fingerprint density at radius 2 is 1.71 bits per heavy atom. The van der Waals surface area contributed by atoms with Gasteiger partial charge in [0.25, 0.3) is 0 Å². The van der Waals surface area contributed by atoms with E-state index in [0.717, 1.165) is 0 Å². The van der Waals surface area contributed by atoms with Gasteiger partial charge in [0, 0.05) is 12.1 Å². The van der Waals surface area contributed by atoms with Gasteiger partial charge in [-0.3, -0.25) is 4.79 Å². The number of ketones is 1. The van der Waals surface area contributed by atoms with E-state index >= 15 is 0 Å². The SMILES string of the molecule is COc1cc(O)c(C(=O)C=Cc2ccc(C(=O)O)cc2)c(OC)c1. The molecule has 0 aliphatic rings. The number of aromatic hydroxyl groups is 1. The normalized spacial score (nSPS) is 10.6. The molecule has 0 amide bonds. The zero-order valence-electron chi connectivity index (χ0n) is 13.1. The summed E-state index contributed by atoms with van der Waals surface area (Å²) in [5.41, 5.74) is 0.838. The number of hydrogen-bond acceptors (Lipinski definition) is 5. The number of phenolic OH excluding ortho intramolecular Hbond substituents is 1. The average molecular weight is 328 g/mol. The number of allylic oxidation sites excluding steroid dienone is 1. The van der Waals surface area contributed by atoms with Crippen molar-refractivity contribution in [1.82, 2.24) is 0 Å². The summed E-state index contributed by atoms with van der Waals surface area (Å²) in [6.07, 6.45) is 2.80. The molecule has 0 aliphatic heterocycles. The average Bonchev–Trinajstić information content (AvgIpc) is 2.59. The molecule has 2 aromatic rings. The Labute approximate surface area is 138 Å². The van der Waals surface area contributed by atoms with Crippen molar-refractivity contribution in [2.24, 2.45) is 0 Å². The summed E-state index contributed by atoms with van der Waals surface area (Å²) in [6.45, 7) is 0. The number of benzene rings is 2. The Morgan fingerprint density at radius 1 is 1.04 bits per heavy atom. The summed E-state index contributed by atoms with van der Waals surface area (Å²) in [5.74, 6) is -1.15. The van der Waals surface area contributed by atoms with E-state index in [9.17, 15) is 14.7 Å². The van der Waals surface area contributed by atoms with Gasteiger partial charge in [-0.1, -0.05) is 18.2 Å². The van der Waals surface area contributed by atoms with E-state index in [-0.39, 0.29) is 22.6 Å². The number of phenols is 1. The van der Waals surface area contributed by atoms with E-state index in [1.807, 2.05) is 0 Å². The number of carbonyl (C=O) groups excluding carboxylic acids is 1. The molecular formula is C18H16O6. The van der Waals surface area contributed by atoms with Gasteiger partial charge < -0.3 is 19.7 Å². The number of carboxylic acids is 1. The molecule has 0 saturated carbocycles. The first-order valence-corrected chi connectivity index (χ1v) is 6.97. The highest BCUT2D eigenvalue weighted by molar-refractivity contribution is 6.10. The third kappa shape index (κ3) is 3.73. The molecule has 0 radical (unpaired) electrons. The lowest BCUT2D eigenvalue weighted by Crippen LogP contribution is -2.00. The monoisotopic (exact) mass is 328 g/mol. The van der Waals surface area contributed by atoms with Crippen LogP contribution >= 0.6 is 0 Å². The fourth-order valence-corrected chi connectivity index (χ4v) is 2.09. The molecule has 0 bridgehead atoms. The predicted molar refractivity (Wildman–Crippen MR) is 88.0 cm³/mol. The second-order valence-corrected chi connectivity index (χ2v) is 4.85. The Kier molecular flexibility index (Phi) is 5.21. The molecule has 24 heavy (non-hydrogen) atoms. The molecule has 6 heteroatoms. The van der Waals surface area contributed by atoms with Crippen molar-refractivity contribution in [3.8, 4) is 17.2 Å². The van der Waals surface area contributed by atoms with Crippen LogP contribution in [0.2, 0.25) is 0 Å². The Hall–Kier alpha value is -3.28. The second-order valence-electron chi connectivity index (χ2n) is 4.85. The summed E-state index contributed by atoms with van der Waals surface area (Å²) in [5, 5.41) is 18.9. The highest BCUT2D eigenvalue weighted by atomic mass is 16.5. The van der Waals surface area contributed by atoms with E-state index in [2.05, 4.69) is 0 Å². The van der Waals surface area contributed by atoms with Crippen molar-refractivity contribution in [3.63, 3.8) is 0 Å². The van der Waals surface area contributed by atoms with Crippen LogP contribution in [0.15, 0.2) is 42.5 Å². The quantitative estimate of drug-likeness (QED) is 0.625. The van der Waals surface area contributed by atoms with Crippen LogP contribution in [0.5, 0.6) is 17.2 Å². The minimum atomic E-state index is -1.02. The van der Waals surface area contributed by atoms with E-state index in [1.165, 1.54) is 50.6 Å². The number of ether oxygens (including phenoxy) is 2. The third-order valence-electron chi connectivity index (χ3n) is 3.34. The first-order valence-electron chi connectivity index (χ1n) is 6.97. The zero-order valence-corrected chi connectivity index (χ0v) is 13.1. The topological polar surface area (TPSA) is 93.1 Å². The molecule has 6 nitrogen and oxygen atoms in total. The first-order chi connectivity index (χ1) is 11.5. The largest absolute Gasteiger partial charge is 0.507 e. The fraction of sp³-hybridized carbons (Fsp3) is 0.111. The summed E-state index contributed by atoms with van der Waals surface area (Å²) in [4.78, 5) is 23.1. The summed E-state index contributed by atoms with van der Waals surface area (Å²) in [6, 6.07) is 8.88. The van der Waals surface area contributed by atoms with Crippen LogP contribution < -0.4 is 9.47 Å². The van der Waals surface area contributed by atoms with Crippen LogP contribution in [0.3, 0.4) is 0 Å². The lowest BCUT2D eigenvalue weighted by atomic mass is 10.1. The number of methoxy groups -OCH3 is 2. The second kappa shape index (κ2) is 7.32. The van der Waals surface area contributed by atoms with Crippen LogP contribution in [0.1, 0.15) is 26.3 Å². The molecule has 2 rings (SSSR count). The summed E-state index contributed by atoms with van der Waals surface area (Å²) >= 11 is 0. The molecule has 0 heterocycles. The molecule has 0 unspecified atom stereocenters. The van der Waals surface area contributed by atoms with Crippen LogP contribution in [-0.4, -0.2) is 36.2 Å². The third-order valence-corrected chi connectivity index (χ3v) is 3.34. The first kappa shape index (κ1) is 17.1. The minimum Gasteiger partial charge on any atom is -0.507 e. The molecule has 0 fully saturated rings. The molecule has 0 aromatic heterocycles. The van der Waals surface area contributed by atoms with Gasteiger partial charge in [-0.2, -0.15) is 0 Å². The minimum absolute atomic E-state index is 0.0247. The van der Waals surface area contributed by atoms with E-state index in [4.69, 9.17) is 14.6 Å². The Bertz CT molecular complexity index is 790. The molecule has 0 spiro atoms. The van der Waals surface area contributed by atoms with Crippen molar-refractivity contribution < 1.29 is 29.3 Å². The van der Waals surface area contributed by atoms with Gasteiger partial charge >= 0.3 is 5.97 Å². The lowest BCUT2D eigenvalue weighted by Gasteiger charge is -2.10. The molecule has 124 valence electrons. The van der Waals surface area contributed by atoms with Gasteiger partial charge in [0.2, 0.25) is 0 Å². The fourth-order valence-electron chi connectivity index (χ4n) is 2.09. The maximum atomic E-state index is 12.3. The van der Waals surface area contributed by atoms with Gasteiger partial charge in [0.1, 0.15) is 22.8 Å². The van der Waals surface area contributed by atoms with Crippen LogP contribution in [0.25, 0.3) is 6.08 Å². The van der Waals surface area contributed by atoms with Crippen LogP contribution in [-0.2, 0) is 0 Å². The van der Waals surface area contributed by atoms with Crippen LogP contribution in [0.4, 0.5) is 0 Å². The molecular weight excluding hydrogens is 312 g/mol. The Balaban J connectivity index is 2.27. The highest BCUT2D eigenvalue weighted by Gasteiger charge is 2.17. The highest BCUT2D eigenvalue weighted by Crippen LogP contribution is 2.33. The van der Waals surface area contributed by atoms with E-state index in [1.54, 1.807) is 12.1 Å². The van der Waals surface area contributed by atoms with Gasteiger partial charge in [-0.05, 0) is 23.8 Å². The molecule has 2 N–H and O–H groups in total. The standard InChI is InChI=1S/C18H16O6/c1-23-13-9-15(20)17(16(10-13)24-2)14(19)8-5-11-3-6-12(7-4-11)18(21)22/h3-10,20H,1-2H3,(H,21,22). The van der Waals surface area contributed by atoms with Gasteiger partial charge in [0.15, 0.2) is 5.78 Å². The van der Waals surface area contributed by atoms with Gasteiger partial charge in [0.05, 0.1) is 19.8 Å². The maximum absolute atomic E-state index is 12.3. The van der Waals surface area contributed by atoms with Gasteiger partial charge in [-0.25, -0.2) is 4.79 Å². The van der Waals surface area contributed by atoms with E-state index in [0.29, 0.717) is 11.3 Å². The number of hydrogen-bond donors (Lipinski definition) is 2. The predicted octanol–water partition coefficient (Wildman–Crippen LogP) is 3.00. The lowest BCUT2D eigenvalue weighted by molar-refractivity contribution is 0.0696. The van der Waals surface area contributed by atoms with Gasteiger partial charge in [-0.15, -0.1) is 0 Å². The van der Waals surface area contributed by atoms with E-state index < -0.39 is 11.8 Å². The number of carboxylic acid groups (broad SMARTS) is 1. The summed E-state index contributed by atoms with van der Waals surface area (Å²) < 4.78 is 10.1. The van der Waals surface area contributed by atoms with Crippen molar-refractivity contribution in [2.45, 2.75) is 0 Å². The smallest absolute Gasteiger partial charge is 0.335 e. The van der Waals surface area contributed by atoms with Crippen molar-refractivity contribution in [2.75, 3.05) is 14.2 Å². The molecule has 0 saturated heterocycles. The number of carbonyl (C=O) groups is 2. The molecule has 0 atom stereocenters. The maximum Gasteiger partial charge on any atom is 0.335 e. The zero-order chi connectivity index (χ0) is 17.7. The Morgan fingerprint density at radius 3 is 2.25 bits per heavy atom. The number of aromatic carboxylic acids is 1. The number of rotatable bonds is 6. The van der Waals surface area contributed by atoms with Crippen LogP contribution in [0, 0.1) is 0 Å².